The fourth-order valence-electron chi connectivity index (χ4n) is 3.56. The van der Waals surface area contributed by atoms with E-state index in [0.29, 0.717) is 47.9 Å². The predicted octanol–water partition coefficient (Wildman–Crippen LogP) is 5.68. The summed E-state index contributed by atoms with van der Waals surface area (Å²) in [5.41, 5.74) is 4.27. The van der Waals surface area contributed by atoms with Crippen molar-refractivity contribution < 1.29 is 22.9 Å². The van der Waals surface area contributed by atoms with Crippen LogP contribution in [-0.2, 0) is 14.9 Å². The molecule has 0 aliphatic heterocycles. The monoisotopic (exact) mass is 565 g/mol. The zero-order valence-corrected chi connectivity index (χ0v) is 21.2. The molecule has 0 heterocycles. The van der Waals surface area contributed by atoms with Gasteiger partial charge >= 0.3 is 0 Å². The highest BCUT2D eigenvalue weighted by atomic mass is 79.9. The molecule has 5 nitrogen and oxygen atoms in total. The van der Waals surface area contributed by atoms with Gasteiger partial charge in [-0.05, 0) is 117 Å². The minimum atomic E-state index is -4.78. The molecule has 0 amide bonds. The number of aryl methyl sites for hydroxylation is 1. The van der Waals surface area contributed by atoms with E-state index in [4.69, 9.17) is 0 Å². The molecule has 1 N–H and O–H groups in total. The van der Waals surface area contributed by atoms with Gasteiger partial charge in [-0.25, -0.2) is 8.42 Å². The highest BCUT2D eigenvalue weighted by molar-refractivity contribution is 9.12. The Hall–Kier alpha value is -2.00. The second-order valence-corrected chi connectivity index (χ2v) is 10.3. The lowest BCUT2D eigenvalue weighted by Gasteiger charge is -2.24. The Bertz CT molecular complexity index is 1330. The summed E-state index contributed by atoms with van der Waals surface area (Å²) >= 11 is 6.76. The molecule has 0 unspecified atom stereocenters. The molecule has 2 aromatic rings. The summed E-state index contributed by atoms with van der Waals surface area (Å²) in [6.07, 6.45) is 1.70. The predicted molar refractivity (Wildman–Crippen MR) is 126 cm³/mol. The maximum absolute atomic E-state index is 12.4. The molecule has 0 saturated heterocycles. The van der Waals surface area contributed by atoms with Crippen LogP contribution in [0.4, 0.5) is 0 Å². The number of rotatable bonds is 3. The van der Waals surface area contributed by atoms with Gasteiger partial charge in [0.1, 0.15) is 15.9 Å². The molecule has 0 spiro atoms. The van der Waals surface area contributed by atoms with Gasteiger partial charge in [-0.2, -0.15) is 0 Å². The number of carbonyl (C=O) groups excluding carboxylic acids is 1. The molecule has 0 radical (unpaired) electrons. The highest BCUT2D eigenvalue weighted by Gasteiger charge is 2.26. The third kappa shape index (κ3) is 4.22. The van der Waals surface area contributed by atoms with E-state index in [9.17, 15) is 22.9 Å². The molecule has 162 valence electrons. The molecule has 31 heavy (non-hydrogen) atoms. The van der Waals surface area contributed by atoms with Gasteiger partial charge in [0.2, 0.25) is 0 Å². The van der Waals surface area contributed by atoms with Gasteiger partial charge < -0.3 is 9.66 Å². The first-order valence-corrected chi connectivity index (χ1v) is 12.2. The van der Waals surface area contributed by atoms with Crippen LogP contribution in [0.15, 0.2) is 67.0 Å². The van der Waals surface area contributed by atoms with Crippen molar-refractivity contribution in [2.24, 2.45) is 0 Å². The largest absolute Gasteiger partial charge is 0.744 e. The van der Waals surface area contributed by atoms with Crippen LogP contribution in [0.25, 0.3) is 5.57 Å². The van der Waals surface area contributed by atoms with Gasteiger partial charge in [-0.1, -0.05) is 18.2 Å². The van der Waals surface area contributed by atoms with Crippen molar-refractivity contribution in [1.29, 1.82) is 0 Å². The molecule has 0 aromatic heterocycles. The lowest BCUT2D eigenvalue weighted by Crippen LogP contribution is -2.12. The summed E-state index contributed by atoms with van der Waals surface area (Å²) < 4.78 is 37.1. The van der Waals surface area contributed by atoms with Gasteiger partial charge in [0, 0.05) is 5.56 Å². The van der Waals surface area contributed by atoms with E-state index in [2.05, 4.69) is 31.9 Å². The molecule has 0 bridgehead atoms. The fraction of sp³-hybridized carbons (Fsp3) is 0.174. The molecular weight excluding hydrogens is 548 g/mol. The zero-order valence-electron chi connectivity index (χ0n) is 17.2. The van der Waals surface area contributed by atoms with Gasteiger partial charge in [-0.3, -0.25) is 4.79 Å². The van der Waals surface area contributed by atoms with E-state index in [-0.39, 0.29) is 22.0 Å². The first-order chi connectivity index (χ1) is 14.4. The molecule has 0 saturated carbocycles. The number of carbonyl (C=O) groups is 1. The van der Waals surface area contributed by atoms with Crippen LogP contribution in [-0.4, -0.2) is 23.9 Å². The van der Waals surface area contributed by atoms with E-state index in [1.54, 1.807) is 52.0 Å². The van der Waals surface area contributed by atoms with Crippen molar-refractivity contribution in [2.75, 3.05) is 0 Å². The molecule has 2 aromatic carbocycles. The van der Waals surface area contributed by atoms with Crippen molar-refractivity contribution in [1.82, 2.24) is 0 Å². The van der Waals surface area contributed by atoms with Gasteiger partial charge in [-0.15, -0.1) is 0 Å². The van der Waals surface area contributed by atoms with Crippen LogP contribution >= 0.6 is 31.9 Å². The van der Waals surface area contributed by atoms with Crippen LogP contribution in [0, 0.1) is 13.8 Å². The summed E-state index contributed by atoms with van der Waals surface area (Å²) in [6.45, 7) is 6.94. The maximum Gasteiger partial charge on any atom is 0.195 e. The number of ketones is 1. The average Bonchev–Trinajstić information content (AvgIpc) is 2.72. The number of Topliss-reactive ketones (excluding diaryl/α,β-unsaturated/α-hetero) is 1. The summed E-state index contributed by atoms with van der Waals surface area (Å²) in [7, 11) is -4.78. The SMILES string of the molecule is CC1=CC(=C(c2ccccc2S(=O)(=O)[O-])c2cc(C)c(O)c(Br)c2C)C(C)=C(Br)C1=O. The Labute approximate surface area is 198 Å². The summed E-state index contributed by atoms with van der Waals surface area (Å²) in [6, 6.07) is 7.73. The smallest absolute Gasteiger partial charge is 0.195 e. The van der Waals surface area contributed by atoms with E-state index in [0.717, 1.165) is 0 Å². The van der Waals surface area contributed by atoms with Crippen molar-refractivity contribution in [3.8, 4) is 5.75 Å². The van der Waals surface area contributed by atoms with Crippen LogP contribution in [0.1, 0.15) is 36.1 Å². The standard InChI is InChI=1S/C23H20Br2O5S/c1-11-9-16(13(3)20(24)22(11)26)19(15-7-5-6-8-18(15)31(28,29)30)17-10-12(2)23(27)21(25)14(17)4/h5-10,26H,1-4H3,(H,28,29,30)/p-1. The summed E-state index contributed by atoms with van der Waals surface area (Å²) in [5.74, 6) is -0.0839. The van der Waals surface area contributed by atoms with Crippen molar-refractivity contribution in [3.63, 3.8) is 0 Å². The Kier molecular flexibility index (Phi) is 6.49. The zero-order chi connectivity index (χ0) is 23.2. The third-order valence-corrected chi connectivity index (χ3v) is 8.11. The van der Waals surface area contributed by atoms with Gasteiger partial charge in [0.05, 0.1) is 13.9 Å². The summed E-state index contributed by atoms with van der Waals surface area (Å²) in [4.78, 5) is 12.1. The minimum absolute atomic E-state index is 0.0781. The number of phenolic OH excluding ortho intramolecular Hbond substituents is 1. The number of phenols is 1. The van der Waals surface area contributed by atoms with Crippen LogP contribution < -0.4 is 0 Å². The second kappa shape index (κ2) is 8.50. The van der Waals surface area contributed by atoms with Crippen LogP contribution in [0.5, 0.6) is 5.75 Å². The molecule has 0 fully saturated rings. The minimum Gasteiger partial charge on any atom is -0.744 e. The third-order valence-electron chi connectivity index (χ3n) is 5.29. The highest BCUT2D eigenvalue weighted by Crippen LogP contribution is 2.43. The van der Waals surface area contributed by atoms with E-state index in [1.807, 2.05) is 0 Å². The van der Waals surface area contributed by atoms with Gasteiger partial charge in [0.25, 0.3) is 0 Å². The normalized spacial score (nSPS) is 16.5. The van der Waals surface area contributed by atoms with Crippen molar-refractivity contribution >= 4 is 53.3 Å². The first kappa shape index (κ1) is 23.7. The molecule has 1 aliphatic carbocycles. The number of halogens is 2. The Morgan fingerprint density at radius 3 is 2.26 bits per heavy atom. The van der Waals surface area contributed by atoms with Crippen LogP contribution in [0.3, 0.4) is 0 Å². The molecule has 3 rings (SSSR count). The van der Waals surface area contributed by atoms with Crippen molar-refractivity contribution in [3.05, 3.63) is 84.3 Å². The van der Waals surface area contributed by atoms with E-state index >= 15 is 0 Å². The number of hydrogen-bond donors (Lipinski definition) is 1. The molecule has 8 heteroatoms. The van der Waals surface area contributed by atoms with Crippen LogP contribution in [0.2, 0.25) is 0 Å². The Morgan fingerprint density at radius 1 is 1.03 bits per heavy atom. The lowest BCUT2D eigenvalue weighted by atomic mass is 9.83. The number of allylic oxidation sites excluding steroid dienone is 5. The van der Waals surface area contributed by atoms with Gasteiger partial charge in [0.15, 0.2) is 5.78 Å². The van der Waals surface area contributed by atoms with E-state index < -0.39 is 10.1 Å². The quantitative estimate of drug-likeness (QED) is 0.483. The second-order valence-electron chi connectivity index (χ2n) is 7.36. The van der Waals surface area contributed by atoms with Crippen molar-refractivity contribution in [2.45, 2.75) is 32.6 Å². The number of hydrogen-bond acceptors (Lipinski definition) is 5. The Morgan fingerprint density at radius 2 is 1.65 bits per heavy atom. The Balaban J connectivity index is 2.59. The topological polar surface area (TPSA) is 94.5 Å². The average molecular weight is 567 g/mol. The lowest BCUT2D eigenvalue weighted by molar-refractivity contribution is -0.111. The summed E-state index contributed by atoms with van der Waals surface area (Å²) in [5, 5.41) is 10.3. The molecule has 0 atom stereocenters. The fourth-order valence-corrected chi connectivity index (χ4v) is 5.30. The maximum atomic E-state index is 12.4. The molecule has 1 aliphatic rings. The molecular formula is C23H19Br2O5S-. The first-order valence-electron chi connectivity index (χ1n) is 9.24. The van der Waals surface area contributed by atoms with E-state index in [1.165, 1.54) is 12.1 Å². The number of benzene rings is 2. The number of aromatic hydroxyl groups is 1.